The van der Waals surface area contributed by atoms with Crippen molar-refractivity contribution in [3.8, 4) is 0 Å². The van der Waals surface area contributed by atoms with Crippen molar-refractivity contribution < 1.29 is 14.4 Å². The van der Waals surface area contributed by atoms with E-state index in [0.29, 0.717) is 18.7 Å². The van der Waals surface area contributed by atoms with Crippen molar-refractivity contribution in [2.45, 2.75) is 24.9 Å². The van der Waals surface area contributed by atoms with Crippen molar-refractivity contribution in [1.82, 2.24) is 15.5 Å². The van der Waals surface area contributed by atoms with Gasteiger partial charge in [-0.05, 0) is 48.7 Å². The zero-order valence-corrected chi connectivity index (χ0v) is 16.8. The molecule has 1 heterocycles. The van der Waals surface area contributed by atoms with Crippen LogP contribution in [0.3, 0.4) is 0 Å². The Morgan fingerprint density at radius 3 is 2.76 bits per heavy atom. The lowest BCUT2D eigenvalue weighted by Gasteiger charge is -2.22. The highest BCUT2D eigenvalue weighted by atomic mass is 35.5. The minimum absolute atomic E-state index is 0. The van der Waals surface area contributed by atoms with Crippen LogP contribution in [0.1, 0.15) is 23.1 Å². The normalized spacial score (nSPS) is 19.7. The van der Waals surface area contributed by atoms with Crippen LogP contribution in [-0.4, -0.2) is 36.3 Å². The van der Waals surface area contributed by atoms with Crippen LogP contribution in [0.15, 0.2) is 48.5 Å². The molecule has 8 heteroatoms. The first kappa shape index (κ1) is 20.8. The molecule has 0 radical (unpaired) electrons. The van der Waals surface area contributed by atoms with Crippen molar-refractivity contribution in [3.63, 3.8) is 0 Å². The lowest BCUT2D eigenvalue weighted by atomic mass is 9.92. The van der Waals surface area contributed by atoms with E-state index in [1.54, 1.807) is 6.07 Å². The van der Waals surface area contributed by atoms with Gasteiger partial charge < -0.3 is 16.0 Å². The number of carbonyl (C=O) groups is 3. The van der Waals surface area contributed by atoms with E-state index in [9.17, 15) is 14.4 Å². The second-order valence-corrected chi connectivity index (χ2v) is 7.16. The van der Waals surface area contributed by atoms with Gasteiger partial charge in [0, 0.05) is 12.2 Å². The molecule has 1 aliphatic heterocycles. The SMILES string of the molecule is CNCc1cccc(NC(=O)CN2C(=O)NC3(CCc4ccccc43)C2=O)c1.Cl. The predicted octanol–water partition coefficient (Wildman–Crippen LogP) is 2.16. The number of hydrogen-bond donors (Lipinski definition) is 3. The van der Waals surface area contributed by atoms with Crippen LogP contribution in [0.2, 0.25) is 0 Å². The van der Waals surface area contributed by atoms with E-state index in [-0.39, 0.29) is 24.9 Å². The summed E-state index contributed by atoms with van der Waals surface area (Å²) in [6.45, 7) is 0.365. The number of halogens is 1. The first-order chi connectivity index (χ1) is 13.5. The summed E-state index contributed by atoms with van der Waals surface area (Å²) < 4.78 is 0. The highest BCUT2D eigenvalue weighted by Crippen LogP contribution is 2.41. The molecule has 2 aliphatic rings. The fraction of sp³-hybridized carbons (Fsp3) is 0.286. The molecule has 3 N–H and O–H groups in total. The minimum Gasteiger partial charge on any atom is -0.325 e. The van der Waals surface area contributed by atoms with Crippen LogP contribution in [0.4, 0.5) is 10.5 Å². The smallest absolute Gasteiger partial charge is 0.325 e. The number of imide groups is 1. The summed E-state index contributed by atoms with van der Waals surface area (Å²) in [5, 5.41) is 8.65. The summed E-state index contributed by atoms with van der Waals surface area (Å²) in [7, 11) is 1.85. The molecule has 7 nitrogen and oxygen atoms in total. The van der Waals surface area contributed by atoms with Crippen molar-refractivity contribution in [2.24, 2.45) is 0 Å². The fourth-order valence-corrected chi connectivity index (χ4v) is 4.04. The average Bonchev–Trinajstić information content (AvgIpc) is 3.16. The third-order valence-corrected chi connectivity index (χ3v) is 5.32. The molecular weight excluding hydrogens is 392 g/mol. The molecule has 1 spiro atoms. The van der Waals surface area contributed by atoms with Crippen LogP contribution >= 0.6 is 12.4 Å². The highest BCUT2D eigenvalue weighted by molar-refractivity contribution is 6.10. The van der Waals surface area contributed by atoms with Gasteiger partial charge in [-0.2, -0.15) is 0 Å². The van der Waals surface area contributed by atoms with E-state index in [1.165, 1.54) is 0 Å². The number of hydrogen-bond acceptors (Lipinski definition) is 4. The number of carbonyl (C=O) groups excluding carboxylic acids is 3. The van der Waals surface area contributed by atoms with Crippen LogP contribution in [0.25, 0.3) is 0 Å². The van der Waals surface area contributed by atoms with Crippen molar-refractivity contribution in [1.29, 1.82) is 0 Å². The van der Waals surface area contributed by atoms with Crippen molar-refractivity contribution in [3.05, 3.63) is 65.2 Å². The number of nitrogens with zero attached hydrogens (tertiary/aromatic N) is 1. The molecule has 0 aromatic heterocycles. The van der Waals surface area contributed by atoms with Gasteiger partial charge in [-0.25, -0.2) is 4.79 Å². The summed E-state index contributed by atoms with van der Waals surface area (Å²) in [5.41, 5.74) is 2.50. The van der Waals surface area contributed by atoms with Gasteiger partial charge in [0.25, 0.3) is 5.91 Å². The van der Waals surface area contributed by atoms with E-state index in [1.807, 2.05) is 49.5 Å². The maximum atomic E-state index is 13.1. The Hall–Kier alpha value is -2.90. The maximum absolute atomic E-state index is 13.1. The van der Waals surface area contributed by atoms with Gasteiger partial charge in [-0.3, -0.25) is 14.5 Å². The number of amides is 4. The molecule has 1 atom stereocenters. The van der Waals surface area contributed by atoms with Gasteiger partial charge in [0.2, 0.25) is 5.91 Å². The molecule has 1 saturated heterocycles. The minimum atomic E-state index is -1.04. The Morgan fingerprint density at radius 1 is 1.17 bits per heavy atom. The first-order valence-corrected chi connectivity index (χ1v) is 9.29. The standard InChI is InChI=1S/C21H22N4O3.ClH/c1-22-12-14-5-4-7-16(11-14)23-18(26)13-25-19(27)21(24-20(25)28)10-9-15-6-2-3-8-17(15)21;/h2-8,11,22H,9-10,12-13H2,1H3,(H,23,26)(H,24,28);1H. The van der Waals surface area contributed by atoms with Gasteiger partial charge in [-0.1, -0.05) is 36.4 Å². The predicted molar refractivity (Wildman–Crippen MR) is 112 cm³/mol. The maximum Gasteiger partial charge on any atom is 0.325 e. The molecule has 0 bridgehead atoms. The largest absolute Gasteiger partial charge is 0.325 e. The fourth-order valence-electron chi connectivity index (χ4n) is 4.04. The molecule has 4 amide bonds. The summed E-state index contributed by atoms with van der Waals surface area (Å²) in [4.78, 5) is 39.1. The number of aryl methyl sites for hydroxylation is 1. The van der Waals surface area contributed by atoms with Crippen molar-refractivity contribution >= 4 is 35.9 Å². The Kier molecular flexibility index (Phi) is 5.91. The highest BCUT2D eigenvalue weighted by Gasteiger charge is 2.55. The van der Waals surface area contributed by atoms with Gasteiger partial charge >= 0.3 is 6.03 Å². The van der Waals surface area contributed by atoms with Gasteiger partial charge in [0.1, 0.15) is 12.1 Å². The van der Waals surface area contributed by atoms with E-state index in [0.717, 1.165) is 28.0 Å². The van der Waals surface area contributed by atoms with Crippen LogP contribution < -0.4 is 16.0 Å². The molecule has 1 fully saturated rings. The summed E-state index contributed by atoms with van der Waals surface area (Å²) >= 11 is 0. The number of anilines is 1. The zero-order chi connectivity index (χ0) is 19.7. The lowest BCUT2D eigenvalue weighted by Crippen LogP contribution is -2.43. The molecule has 152 valence electrons. The summed E-state index contributed by atoms with van der Waals surface area (Å²) in [6.07, 6.45) is 1.24. The van der Waals surface area contributed by atoms with Crippen LogP contribution in [-0.2, 0) is 28.1 Å². The molecule has 2 aromatic rings. The zero-order valence-electron chi connectivity index (χ0n) is 16.0. The number of nitrogens with one attached hydrogen (secondary N) is 3. The van der Waals surface area contributed by atoms with E-state index in [2.05, 4.69) is 16.0 Å². The molecule has 2 aromatic carbocycles. The van der Waals surface area contributed by atoms with Gasteiger partial charge in [0.05, 0.1) is 0 Å². The first-order valence-electron chi connectivity index (χ1n) is 9.29. The van der Waals surface area contributed by atoms with E-state index >= 15 is 0 Å². The van der Waals surface area contributed by atoms with Crippen LogP contribution in [0, 0.1) is 0 Å². The Labute approximate surface area is 175 Å². The molecule has 1 unspecified atom stereocenters. The monoisotopic (exact) mass is 414 g/mol. The Balaban J connectivity index is 0.00000240. The molecule has 4 rings (SSSR count). The molecular formula is C21H23ClN4O3. The number of benzene rings is 2. The lowest BCUT2D eigenvalue weighted by molar-refractivity contribution is -0.134. The third-order valence-electron chi connectivity index (χ3n) is 5.32. The number of urea groups is 1. The second kappa shape index (κ2) is 8.23. The Morgan fingerprint density at radius 2 is 1.97 bits per heavy atom. The average molecular weight is 415 g/mol. The quantitative estimate of drug-likeness (QED) is 0.654. The topological polar surface area (TPSA) is 90.5 Å². The molecule has 0 saturated carbocycles. The summed E-state index contributed by atoms with van der Waals surface area (Å²) in [5.74, 6) is -0.769. The molecule has 1 aliphatic carbocycles. The summed E-state index contributed by atoms with van der Waals surface area (Å²) in [6, 6.07) is 14.5. The third kappa shape index (κ3) is 3.71. The van der Waals surface area contributed by atoms with Gasteiger partial charge in [-0.15, -0.1) is 12.4 Å². The Bertz CT molecular complexity index is 964. The van der Waals surface area contributed by atoms with E-state index in [4.69, 9.17) is 0 Å². The van der Waals surface area contributed by atoms with Crippen LogP contribution in [0.5, 0.6) is 0 Å². The second-order valence-electron chi connectivity index (χ2n) is 7.16. The molecule has 29 heavy (non-hydrogen) atoms. The van der Waals surface area contributed by atoms with Crippen molar-refractivity contribution in [2.75, 3.05) is 18.9 Å². The number of fused-ring (bicyclic) bond motifs is 2. The van der Waals surface area contributed by atoms with Gasteiger partial charge in [0.15, 0.2) is 0 Å². The number of rotatable bonds is 5. The van der Waals surface area contributed by atoms with E-state index < -0.39 is 17.5 Å².